The highest BCUT2D eigenvalue weighted by atomic mass is 32.2. The van der Waals surface area contributed by atoms with Crippen molar-refractivity contribution in [2.75, 3.05) is 5.75 Å². The first kappa shape index (κ1) is 15.5. The number of para-hydroxylation sites is 1. The van der Waals surface area contributed by atoms with E-state index in [9.17, 15) is 9.90 Å². The lowest BCUT2D eigenvalue weighted by molar-refractivity contribution is -0.118. The average Bonchev–Trinajstić information content (AvgIpc) is 2.98. The highest BCUT2D eigenvalue weighted by Crippen LogP contribution is 2.28. The maximum atomic E-state index is 11.8. The van der Waals surface area contributed by atoms with Crippen molar-refractivity contribution in [2.24, 2.45) is 5.10 Å². The fourth-order valence-corrected chi connectivity index (χ4v) is 3.67. The Balaban J connectivity index is 1.50. The molecule has 0 saturated heterocycles. The number of fused-ring (bicyclic) bond motifs is 1. The van der Waals surface area contributed by atoms with Crippen molar-refractivity contribution in [1.82, 2.24) is 10.4 Å². The van der Waals surface area contributed by atoms with Gasteiger partial charge in [-0.25, -0.2) is 10.4 Å². The van der Waals surface area contributed by atoms with Crippen LogP contribution in [0.3, 0.4) is 0 Å². The molecule has 0 aliphatic carbocycles. The second-order valence-corrected chi connectivity index (χ2v) is 6.87. The molecule has 1 heterocycles. The van der Waals surface area contributed by atoms with E-state index in [4.69, 9.17) is 0 Å². The molecule has 3 aromatic rings. The molecular formula is C16H13N3O2S2. The van der Waals surface area contributed by atoms with Crippen molar-refractivity contribution in [3.63, 3.8) is 0 Å². The molecule has 116 valence electrons. The van der Waals surface area contributed by atoms with E-state index in [1.807, 2.05) is 24.3 Å². The minimum atomic E-state index is -0.190. The molecule has 23 heavy (non-hydrogen) atoms. The van der Waals surface area contributed by atoms with E-state index in [0.717, 1.165) is 20.1 Å². The Bertz CT molecular complexity index is 811. The van der Waals surface area contributed by atoms with Crippen LogP contribution in [0.5, 0.6) is 5.75 Å². The number of phenolic OH excluding ortho intramolecular Hbond substituents is 1. The number of thioether (sulfide) groups is 1. The minimum absolute atomic E-state index is 0.190. The molecule has 0 aliphatic heterocycles. The molecule has 1 amide bonds. The number of carbonyl (C=O) groups excluding carboxylic acids is 1. The minimum Gasteiger partial charge on any atom is -0.508 e. The standard InChI is InChI=1S/C16H13N3O2S2/c20-12-7-5-11(6-8-12)9-17-19-15(21)10-22-16-18-13-3-1-2-4-14(13)23-16/h1-9,20H,10H2,(H,19,21)/b17-9-. The highest BCUT2D eigenvalue weighted by molar-refractivity contribution is 8.01. The number of nitrogens with zero attached hydrogens (tertiary/aromatic N) is 2. The summed E-state index contributed by atoms with van der Waals surface area (Å²) in [5.74, 6) is 0.259. The Morgan fingerprint density at radius 2 is 2.04 bits per heavy atom. The number of aromatic hydroxyl groups is 1. The third-order valence-electron chi connectivity index (χ3n) is 2.90. The summed E-state index contributed by atoms with van der Waals surface area (Å²) < 4.78 is 1.98. The summed E-state index contributed by atoms with van der Waals surface area (Å²) >= 11 is 2.96. The normalized spacial score (nSPS) is 11.1. The van der Waals surface area contributed by atoms with E-state index < -0.39 is 0 Å². The van der Waals surface area contributed by atoms with Crippen LogP contribution in [0.1, 0.15) is 5.56 Å². The van der Waals surface area contributed by atoms with Gasteiger partial charge in [0, 0.05) is 0 Å². The van der Waals surface area contributed by atoms with Crippen molar-refractivity contribution in [3.05, 3.63) is 54.1 Å². The molecule has 0 saturated carbocycles. The van der Waals surface area contributed by atoms with E-state index in [1.54, 1.807) is 35.6 Å². The smallest absolute Gasteiger partial charge is 0.250 e. The summed E-state index contributed by atoms with van der Waals surface area (Å²) in [4.78, 5) is 16.2. The van der Waals surface area contributed by atoms with Crippen LogP contribution in [0, 0.1) is 0 Å². The van der Waals surface area contributed by atoms with E-state index >= 15 is 0 Å². The van der Waals surface area contributed by atoms with Gasteiger partial charge in [0.25, 0.3) is 5.91 Å². The van der Waals surface area contributed by atoms with Gasteiger partial charge in [-0.1, -0.05) is 23.9 Å². The number of aromatic nitrogens is 1. The molecule has 2 aromatic carbocycles. The molecule has 0 unspecified atom stereocenters. The second kappa shape index (κ2) is 7.26. The van der Waals surface area contributed by atoms with Crippen LogP contribution in [-0.2, 0) is 4.79 Å². The molecule has 0 spiro atoms. The van der Waals surface area contributed by atoms with Crippen LogP contribution in [0.4, 0.5) is 0 Å². The summed E-state index contributed by atoms with van der Waals surface area (Å²) in [6.45, 7) is 0. The summed E-state index contributed by atoms with van der Waals surface area (Å²) in [6.07, 6.45) is 1.53. The van der Waals surface area contributed by atoms with Gasteiger partial charge >= 0.3 is 0 Å². The molecule has 0 atom stereocenters. The molecule has 5 nitrogen and oxygen atoms in total. The predicted molar refractivity (Wildman–Crippen MR) is 94.2 cm³/mol. The van der Waals surface area contributed by atoms with Gasteiger partial charge in [0.15, 0.2) is 4.34 Å². The number of benzene rings is 2. The summed E-state index contributed by atoms with van der Waals surface area (Å²) in [7, 11) is 0. The summed E-state index contributed by atoms with van der Waals surface area (Å²) in [5.41, 5.74) is 4.22. The number of rotatable bonds is 5. The van der Waals surface area contributed by atoms with Crippen molar-refractivity contribution < 1.29 is 9.90 Å². The van der Waals surface area contributed by atoms with Crippen molar-refractivity contribution in [1.29, 1.82) is 0 Å². The fraction of sp³-hybridized carbons (Fsp3) is 0.0625. The largest absolute Gasteiger partial charge is 0.508 e. The molecule has 0 aliphatic rings. The van der Waals surface area contributed by atoms with E-state index in [2.05, 4.69) is 15.5 Å². The van der Waals surface area contributed by atoms with Crippen LogP contribution in [-0.4, -0.2) is 28.0 Å². The number of nitrogens with one attached hydrogen (secondary N) is 1. The Hall–Kier alpha value is -2.38. The molecule has 2 N–H and O–H groups in total. The van der Waals surface area contributed by atoms with Crippen molar-refractivity contribution in [3.8, 4) is 5.75 Å². The van der Waals surface area contributed by atoms with Gasteiger partial charge in [-0.05, 0) is 42.0 Å². The zero-order valence-corrected chi connectivity index (χ0v) is 13.6. The quantitative estimate of drug-likeness (QED) is 0.424. The van der Waals surface area contributed by atoms with Crippen LogP contribution >= 0.6 is 23.1 Å². The van der Waals surface area contributed by atoms with Gasteiger partial charge < -0.3 is 5.11 Å². The lowest BCUT2D eigenvalue weighted by Gasteiger charge is -1.98. The van der Waals surface area contributed by atoms with Crippen LogP contribution in [0.15, 0.2) is 58.0 Å². The molecular weight excluding hydrogens is 330 g/mol. The third-order valence-corrected chi connectivity index (χ3v) is 5.08. The second-order valence-electron chi connectivity index (χ2n) is 4.62. The Morgan fingerprint density at radius 3 is 2.83 bits per heavy atom. The lowest BCUT2D eigenvalue weighted by atomic mass is 10.2. The predicted octanol–water partition coefficient (Wildman–Crippen LogP) is 3.24. The van der Waals surface area contributed by atoms with E-state index in [1.165, 1.54) is 18.0 Å². The Labute approximate surface area is 141 Å². The summed E-state index contributed by atoms with van der Waals surface area (Å²) in [5, 5.41) is 13.1. The zero-order chi connectivity index (χ0) is 16.1. The first-order valence-corrected chi connectivity index (χ1v) is 8.60. The van der Waals surface area contributed by atoms with Gasteiger partial charge in [0.05, 0.1) is 22.2 Å². The highest BCUT2D eigenvalue weighted by Gasteiger charge is 2.06. The molecule has 7 heteroatoms. The molecule has 0 fully saturated rings. The Kier molecular flexibility index (Phi) is 4.89. The van der Waals surface area contributed by atoms with Gasteiger partial charge in [-0.15, -0.1) is 11.3 Å². The van der Waals surface area contributed by atoms with Gasteiger partial charge in [0.2, 0.25) is 0 Å². The molecule has 1 aromatic heterocycles. The SMILES string of the molecule is O=C(CSc1nc2ccccc2s1)N/N=C\c1ccc(O)cc1. The first-order valence-electron chi connectivity index (χ1n) is 6.80. The van der Waals surface area contributed by atoms with Crippen LogP contribution in [0.25, 0.3) is 10.2 Å². The number of thiazole rings is 1. The zero-order valence-electron chi connectivity index (χ0n) is 12.0. The number of phenols is 1. The average molecular weight is 343 g/mol. The maximum Gasteiger partial charge on any atom is 0.250 e. The Morgan fingerprint density at radius 1 is 1.26 bits per heavy atom. The van der Waals surface area contributed by atoms with E-state index in [-0.39, 0.29) is 17.4 Å². The molecule has 0 radical (unpaired) electrons. The fourth-order valence-electron chi connectivity index (χ4n) is 1.81. The topological polar surface area (TPSA) is 74.6 Å². The van der Waals surface area contributed by atoms with Crippen LogP contribution in [0.2, 0.25) is 0 Å². The number of hydrogen-bond donors (Lipinski definition) is 2. The lowest BCUT2D eigenvalue weighted by Crippen LogP contribution is -2.19. The monoisotopic (exact) mass is 343 g/mol. The van der Waals surface area contributed by atoms with E-state index in [0.29, 0.717) is 0 Å². The third kappa shape index (κ3) is 4.30. The van der Waals surface area contributed by atoms with Gasteiger partial charge in [0.1, 0.15) is 5.75 Å². The molecule has 3 rings (SSSR count). The number of hydrogen-bond acceptors (Lipinski definition) is 6. The number of amides is 1. The summed E-state index contributed by atoms with van der Waals surface area (Å²) in [6, 6.07) is 14.4. The maximum absolute atomic E-state index is 11.8. The number of hydrazone groups is 1. The number of carbonyl (C=O) groups is 1. The van der Waals surface area contributed by atoms with Crippen LogP contribution < -0.4 is 5.43 Å². The van der Waals surface area contributed by atoms with Gasteiger partial charge in [-0.2, -0.15) is 5.10 Å². The molecule has 0 bridgehead atoms. The van der Waals surface area contributed by atoms with Crippen molar-refractivity contribution >= 4 is 45.4 Å². The van der Waals surface area contributed by atoms with Crippen molar-refractivity contribution in [2.45, 2.75) is 4.34 Å². The van der Waals surface area contributed by atoms with Gasteiger partial charge in [-0.3, -0.25) is 4.79 Å². The first-order chi connectivity index (χ1) is 11.2.